The fourth-order valence-corrected chi connectivity index (χ4v) is 3.04. The third kappa shape index (κ3) is 2.74. The van der Waals surface area contributed by atoms with Gasteiger partial charge in [-0.05, 0) is 11.8 Å². The Labute approximate surface area is 96.1 Å². The molecule has 2 unspecified atom stereocenters. The standard InChI is InChI=1S/C10H18N2O3S/c1-16(14,15)3-2-10(13)12-6-8-4-11-5-9(8)7-12/h8-9,11H,2-7H2,1H3. The molecule has 2 rings (SSSR count). The second kappa shape index (κ2) is 4.33. The number of hydrogen-bond donors (Lipinski definition) is 1. The first-order valence-electron chi connectivity index (χ1n) is 5.62. The van der Waals surface area contributed by atoms with Gasteiger partial charge in [-0.15, -0.1) is 0 Å². The molecule has 0 aromatic rings. The van der Waals surface area contributed by atoms with Gasteiger partial charge in [-0.1, -0.05) is 0 Å². The molecule has 0 bridgehead atoms. The van der Waals surface area contributed by atoms with Gasteiger partial charge in [-0.2, -0.15) is 0 Å². The van der Waals surface area contributed by atoms with E-state index in [0.717, 1.165) is 26.2 Å². The second-order valence-corrected chi connectivity index (χ2v) is 7.12. The number of hydrogen-bond acceptors (Lipinski definition) is 4. The summed E-state index contributed by atoms with van der Waals surface area (Å²) in [5.74, 6) is 1.10. The molecule has 0 aromatic carbocycles. The molecule has 1 amide bonds. The fourth-order valence-electron chi connectivity index (χ4n) is 2.49. The molecular weight excluding hydrogens is 228 g/mol. The molecule has 16 heavy (non-hydrogen) atoms. The van der Waals surface area contributed by atoms with Crippen LogP contribution in [0.2, 0.25) is 0 Å². The summed E-state index contributed by atoms with van der Waals surface area (Å²) in [6, 6.07) is 0. The lowest BCUT2D eigenvalue weighted by molar-refractivity contribution is -0.130. The minimum Gasteiger partial charge on any atom is -0.342 e. The Kier molecular flexibility index (Phi) is 3.21. The van der Waals surface area contributed by atoms with Gasteiger partial charge in [-0.3, -0.25) is 4.79 Å². The van der Waals surface area contributed by atoms with Crippen LogP contribution in [0, 0.1) is 11.8 Å². The molecule has 0 radical (unpaired) electrons. The van der Waals surface area contributed by atoms with Gasteiger partial charge in [0.25, 0.3) is 0 Å². The number of carbonyl (C=O) groups is 1. The van der Waals surface area contributed by atoms with Crippen molar-refractivity contribution in [1.29, 1.82) is 0 Å². The number of nitrogens with zero attached hydrogens (tertiary/aromatic N) is 1. The number of amides is 1. The van der Waals surface area contributed by atoms with Gasteiger partial charge in [0.05, 0.1) is 5.75 Å². The molecule has 2 aliphatic heterocycles. The highest BCUT2D eigenvalue weighted by Gasteiger charge is 2.37. The van der Waals surface area contributed by atoms with Crippen LogP contribution in [0.5, 0.6) is 0 Å². The second-order valence-electron chi connectivity index (χ2n) is 4.86. The van der Waals surface area contributed by atoms with Crippen LogP contribution >= 0.6 is 0 Å². The van der Waals surface area contributed by atoms with E-state index < -0.39 is 9.84 Å². The molecule has 0 aliphatic carbocycles. The van der Waals surface area contributed by atoms with Crippen molar-refractivity contribution in [3.63, 3.8) is 0 Å². The molecule has 2 fully saturated rings. The lowest BCUT2D eigenvalue weighted by Crippen LogP contribution is -2.32. The monoisotopic (exact) mass is 246 g/mol. The van der Waals surface area contributed by atoms with E-state index in [9.17, 15) is 13.2 Å². The molecular formula is C10H18N2O3S. The van der Waals surface area contributed by atoms with Crippen LogP contribution < -0.4 is 5.32 Å². The van der Waals surface area contributed by atoms with E-state index in [1.54, 1.807) is 0 Å². The lowest BCUT2D eigenvalue weighted by Gasteiger charge is -2.17. The van der Waals surface area contributed by atoms with Crippen molar-refractivity contribution in [2.24, 2.45) is 11.8 Å². The summed E-state index contributed by atoms with van der Waals surface area (Å²) in [6.07, 6.45) is 1.30. The molecule has 6 heteroatoms. The van der Waals surface area contributed by atoms with Gasteiger partial charge < -0.3 is 10.2 Å². The SMILES string of the molecule is CS(=O)(=O)CCC(=O)N1CC2CNCC2C1. The van der Waals surface area contributed by atoms with Gasteiger partial charge in [-0.25, -0.2) is 8.42 Å². The maximum Gasteiger partial charge on any atom is 0.223 e. The minimum atomic E-state index is -3.03. The third-order valence-electron chi connectivity index (χ3n) is 3.43. The number of carbonyl (C=O) groups excluding carboxylic acids is 1. The summed E-state index contributed by atoms with van der Waals surface area (Å²) in [5, 5.41) is 3.31. The number of nitrogens with one attached hydrogen (secondary N) is 1. The third-order valence-corrected chi connectivity index (χ3v) is 4.37. The average molecular weight is 246 g/mol. The maximum atomic E-state index is 11.8. The zero-order chi connectivity index (χ0) is 11.8. The van der Waals surface area contributed by atoms with Crippen molar-refractivity contribution in [3.05, 3.63) is 0 Å². The van der Waals surface area contributed by atoms with Crippen LogP contribution in [-0.2, 0) is 14.6 Å². The van der Waals surface area contributed by atoms with Gasteiger partial charge in [0.1, 0.15) is 9.84 Å². The summed E-state index contributed by atoms with van der Waals surface area (Å²) >= 11 is 0. The number of fused-ring (bicyclic) bond motifs is 1. The summed E-state index contributed by atoms with van der Waals surface area (Å²) in [5.41, 5.74) is 0. The first kappa shape index (κ1) is 11.9. The van der Waals surface area contributed by atoms with Crippen LogP contribution in [0.15, 0.2) is 0 Å². The van der Waals surface area contributed by atoms with E-state index in [4.69, 9.17) is 0 Å². The summed E-state index contributed by atoms with van der Waals surface area (Å²) in [7, 11) is -3.03. The fraction of sp³-hybridized carbons (Fsp3) is 0.900. The van der Waals surface area contributed by atoms with Gasteiger partial charge in [0.15, 0.2) is 0 Å². The predicted octanol–water partition coefficient (Wildman–Crippen LogP) is -0.901. The molecule has 0 aromatic heterocycles. The molecule has 0 spiro atoms. The van der Waals surface area contributed by atoms with Crippen molar-refractivity contribution in [1.82, 2.24) is 10.2 Å². The van der Waals surface area contributed by atoms with Crippen molar-refractivity contribution in [2.45, 2.75) is 6.42 Å². The average Bonchev–Trinajstić information content (AvgIpc) is 2.71. The Morgan fingerprint density at radius 2 is 1.88 bits per heavy atom. The Morgan fingerprint density at radius 3 is 2.38 bits per heavy atom. The molecule has 5 nitrogen and oxygen atoms in total. The lowest BCUT2D eigenvalue weighted by atomic mass is 10.0. The van der Waals surface area contributed by atoms with Crippen LogP contribution in [-0.4, -0.2) is 57.4 Å². The summed E-state index contributed by atoms with van der Waals surface area (Å²) < 4.78 is 21.9. The zero-order valence-electron chi connectivity index (χ0n) is 9.48. The van der Waals surface area contributed by atoms with Crippen molar-refractivity contribution in [2.75, 3.05) is 38.2 Å². The van der Waals surface area contributed by atoms with E-state index in [2.05, 4.69) is 5.32 Å². The normalized spacial score (nSPS) is 29.4. The Bertz CT molecular complexity index is 368. The largest absolute Gasteiger partial charge is 0.342 e. The Morgan fingerprint density at radius 1 is 1.31 bits per heavy atom. The molecule has 1 N–H and O–H groups in total. The zero-order valence-corrected chi connectivity index (χ0v) is 10.3. The van der Waals surface area contributed by atoms with E-state index >= 15 is 0 Å². The maximum absolute atomic E-state index is 11.8. The molecule has 2 saturated heterocycles. The highest BCUT2D eigenvalue weighted by molar-refractivity contribution is 7.90. The number of rotatable bonds is 3. The van der Waals surface area contributed by atoms with Crippen molar-refractivity contribution in [3.8, 4) is 0 Å². The highest BCUT2D eigenvalue weighted by Crippen LogP contribution is 2.26. The van der Waals surface area contributed by atoms with E-state index in [-0.39, 0.29) is 18.1 Å². The highest BCUT2D eigenvalue weighted by atomic mass is 32.2. The topological polar surface area (TPSA) is 66.5 Å². The summed E-state index contributed by atoms with van der Waals surface area (Å²) in [6.45, 7) is 3.56. The number of likely N-dealkylation sites (tertiary alicyclic amines) is 1. The van der Waals surface area contributed by atoms with Crippen molar-refractivity contribution >= 4 is 15.7 Å². The smallest absolute Gasteiger partial charge is 0.223 e. The van der Waals surface area contributed by atoms with E-state index in [0.29, 0.717) is 11.8 Å². The van der Waals surface area contributed by atoms with Crippen LogP contribution in [0.25, 0.3) is 0 Å². The molecule has 92 valence electrons. The molecule has 0 saturated carbocycles. The van der Waals surface area contributed by atoms with Crippen LogP contribution in [0.4, 0.5) is 0 Å². The first-order valence-corrected chi connectivity index (χ1v) is 7.68. The first-order chi connectivity index (χ1) is 7.46. The molecule has 2 aliphatic rings. The van der Waals surface area contributed by atoms with Gasteiger partial charge in [0, 0.05) is 38.9 Å². The van der Waals surface area contributed by atoms with Gasteiger partial charge >= 0.3 is 0 Å². The minimum absolute atomic E-state index is 0.0141. The summed E-state index contributed by atoms with van der Waals surface area (Å²) in [4.78, 5) is 13.6. The van der Waals surface area contributed by atoms with Gasteiger partial charge in [0.2, 0.25) is 5.91 Å². The molecule has 2 heterocycles. The van der Waals surface area contributed by atoms with E-state index in [1.165, 1.54) is 6.26 Å². The quantitative estimate of drug-likeness (QED) is 0.701. The van der Waals surface area contributed by atoms with Crippen LogP contribution in [0.1, 0.15) is 6.42 Å². The number of sulfone groups is 1. The van der Waals surface area contributed by atoms with Crippen molar-refractivity contribution < 1.29 is 13.2 Å². The van der Waals surface area contributed by atoms with Crippen LogP contribution in [0.3, 0.4) is 0 Å². The Hall–Kier alpha value is -0.620. The predicted molar refractivity (Wildman–Crippen MR) is 60.8 cm³/mol. The van der Waals surface area contributed by atoms with E-state index in [1.807, 2.05) is 4.90 Å². The Balaban J connectivity index is 1.83. The molecule has 2 atom stereocenters.